The van der Waals surface area contributed by atoms with Crippen LogP contribution in [0.1, 0.15) is 55.8 Å². The van der Waals surface area contributed by atoms with Gasteiger partial charge in [-0.25, -0.2) is 0 Å². The summed E-state index contributed by atoms with van der Waals surface area (Å²) < 4.78 is 23.2. The molecule has 3 aromatic rings. The highest BCUT2D eigenvalue weighted by atomic mass is 16.6. The number of nitrogens with zero attached hydrogens (tertiary/aromatic N) is 1. The van der Waals surface area contributed by atoms with Crippen LogP contribution in [0, 0.1) is 0 Å². The Hall–Kier alpha value is -4.46. The van der Waals surface area contributed by atoms with Crippen molar-refractivity contribution >= 4 is 17.4 Å². The van der Waals surface area contributed by atoms with Gasteiger partial charge in [-0.2, -0.15) is 0 Å². The van der Waals surface area contributed by atoms with Crippen molar-refractivity contribution in [2.75, 3.05) is 26.4 Å². The summed E-state index contributed by atoms with van der Waals surface area (Å²) in [5.41, 5.74) is 1.85. The molecule has 0 unspecified atom stereocenters. The Morgan fingerprint density at radius 3 is 2.44 bits per heavy atom. The zero-order valence-electron chi connectivity index (χ0n) is 23.4. The second-order valence-corrected chi connectivity index (χ2v) is 9.97. The number of amides is 1. The van der Waals surface area contributed by atoms with Gasteiger partial charge in [0.25, 0.3) is 11.7 Å². The van der Waals surface area contributed by atoms with Crippen LogP contribution >= 0.6 is 0 Å². The third kappa shape index (κ3) is 6.01. The van der Waals surface area contributed by atoms with Gasteiger partial charge >= 0.3 is 0 Å². The molecule has 5 rings (SSSR count). The summed E-state index contributed by atoms with van der Waals surface area (Å²) in [6.45, 7) is 6.00. The Kier molecular flexibility index (Phi) is 8.77. The molecule has 41 heavy (non-hydrogen) atoms. The quantitative estimate of drug-likeness (QED) is 0.133. The molecule has 2 aliphatic rings. The van der Waals surface area contributed by atoms with E-state index >= 15 is 0 Å². The standard InChI is InChI=1S/C33H35NO7/c1-3-5-9-16-39-25-14-12-23(19-27(25)38-4-2)30-29(31(35)24-13-15-26-28(20-24)41-18-17-40-26)32(36)33(37)34(30)21-22-10-7-6-8-11-22/h6-8,10-15,19-20,30,35H,3-5,9,16-18,21H2,1-2H3/t30-/m1/s1. The lowest BCUT2D eigenvalue weighted by molar-refractivity contribution is -0.140. The number of unbranched alkanes of at least 4 members (excludes halogenated alkanes) is 2. The number of aliphatic hydroxyl groups is 1. The maximum Gasteiger partial charge on any atom is 0.295 e. The van der Waals surface area contributed by atoms with Crippen LogP contribution in [0.2, 0.25) is 0 Å². The lowest BCUT2D eigenvalue weighted by Crippen LogP contribution is -2.29. The molecule has 2 heterocycles. The fraction of sp³-hybridized carbons (Fsp3) is 0.333. The molecule has 8 nitrogen and oxygen atoms in total. The van der Waals surface area contributed by atoms with Gasteiger partial charge in [0, 0.05) is 12.1 Å². The molecule has 0 aliphatic carbocycles. The monoisotopic (exact) mass is 557 g/mol. The van der Waals surface area contributed by atoms with Crippen molar-refractivity contribution < 1.29 is 33.6 Å². The minimum atomic E-state index is -0.850. The minimum absolute atomic E-state index is 0.00155. The van der Waals surface area contributed by atoms with Crippen LogP contribution in [0.5, 0.6) is 23.0 Å². The molecule has 1 saturated heterocycles. The average Bonchev–Trinajstić information content (AvgIpc) is 3.25. The number of hydrogen-bond donors (Lipinski definition) is 1. The van der Waals surface area contributed by atoms with Gasteiger partial charge in [0.15, 0.2) is 23.0 Å². The zero-order valence-corrected chi connectivity index (χ0v) is 23.4. The van der Waals surface area contributed by atoms with Crippen LogP contribution < -0.4 is 18.9 Å². The largest absolute Gasteiger partial charge is 0.507 e. The summed E-state index contributed by atoms with van der Waals surface area (Å²) >= 11 is 0. The number of likely N-dealkylation sites (tertiary alicyclic amines) is 1. The first-order chi connectivity index (χ1) is 20.0. The third-order valence-electron chi connectivity index (χ3n) is 7.14. The van der Waals surface area contributed by atoms with Crippen LogP contribution in [0.3, 0.4) is 0 Å². The summed E-state index contributed by atoms with van der Waals surface area (Å²) in [4.78, 5) is 28.5. The summed E-state index contributed by atoms with van der Waals surface area (Å²) in [6, 6.07) is 19.0. The van der Waals surface area contributed by atoms with Gasteiger partial charge in [0.05, 0.1) is 24.8 Å². The zero-order chi connectivity index (χ0) is 28.8. The summed E-state index contributed by atoms with van der Waals surface area (Å²) in [5.74, 6) is 0.429. The molecule has 1 N–H and O–H groups in total. The molecular weight excluding hydrogens is 522 g/mol. The Balaban J connectivity index is 1.59. The maximum absolute atomic E-state index is 13.6. The molecule has 1 amide bonds. The van der Waals surface area contributed by atoms with Gasteiger partial charge in [0.1, 0.15) is 19.0 Å². The highest BCUT2D eigenvalue weighted by molar-refractivity contribution is 6.46. The first-order valence-corrected chi connectivity index (χ1v) is 14.1. The van der Waals surface area contributed by atoms with Crippen molar-refractivity contribution in [2.45, 2.75) is 45.7 Å². The summed E-state index contributed by atoms with van der Waals surface area (Å²) in [7, 11) is 0. The van der Waals surface area contributed by atoms with Gasteiger partial charge in [-0.05, 0) is 54.8 Å². The van der Waals surface area contributed by atoms with Crippen molar-refractivity contribution in [3.05, 3.63) is 89.0 Å². The Morgan fingerprint density at radius 1 is 0.902 bits per heavy atom. The molecule has 1 fully saturated rings. The van der Waals surface area contributed by atoms with E-state index in [9.17, 15) is 14.7 Å². The highest BCUT2D eigenvalue weighted by Gasteiger charge is 2.46. The molecule has 0 bridgehead atoms. The number of Topliss-reactive ketones (excluding diaryl/α,β-unsaturated/α-hetero) is 1. The van der Waals surface area contributed by atoms with Gasteiger partial charge in [-0.1, -0.05) is 56.2 Å². The highest BCUT2D eigenvalue weighted by Crippen LogP contribution is 2.43. The van der Waals surface area contributed by atoms with Crippen LogP contribution in [0.25, 0.3) is 5.76 Å². The fourth-order valence-electron chi connectivity index (χ4n) is 5.13. The molecule has 0 spiro atoms. The molecule has 0 radical (unpaired) electrons. The topological polar surface area (TPSA) is 94.5 Å². The van der Waals surface area contributed by atoms with E-state index in [2.05, 4.69) is 6.92 Å². The van der Waals surface area contributed by atoms with Crippen molar-refractivity contribution in [1.82, 2.24) is 4.90 Å². The molecule has 214 valence electrons. The van der Waals surface area contributed by atoms with Crippen molar-refractivity contribution in [3.63, 3.8) is 0 Å². The van der Waals surface area contributed by atoms with E-state index in [4.69, 9.17) is 18.9 Å². The first-order valence-electron chi connectivity index (χ1n) is 14.1. The molecule has 2 aliphatic heterocycles. The SMILES string of the molecule is CCCCCOc1ccc([C@@H]2C(=C(O)c3ccc4c(c3)OCCO4)C(=O)C(=O)N2Cc2ccccc2)cc1OCC. The van der Waals surface area contributed by atoms with Crippen LogP contribution in [-0.2, 0) is 16.1 Å². The van der Waals surface area contributed by atoms with E-state index in [1.165, 1.54) is 4.90 Å². The van der Waals surface area contributed by atoms with Gasteiger partial charge in [-0.3, -0.25) is 9.59 Å². The van der Waals surface area contributed by atoms with Crippen LogP contribution in [-0.4, -0.2) is 48.1 Å². The number of ketones is 1. The maximum atomic E-state index is 13.6. The number of fused-ring (bicyclic) bond motifs is 1. The third-order valence-corrected chi connectivity index (χ3v) is 7.14. The minimum Gasteiger partial charge on any atom is -0.507 e. The number of hydrogen-bond acceptors (Lipinski definition) is 7. The second-order valence-electron chi connectivity index (χ2n) is 9.97. The van der Waals surface area contributed by atoms with Gasteiger partial charge < -0.3 is 29.0 Å². The van der Waals surface area contributed by atoms with E-state index in [0.717, 1.165) is 24.8 Å². The number of carbonyl (C=O) groups excluding carboxylic acids is 2. The summed E-state index contributed by atoms with van der Waals surface area (Å²) in [5, 5.41) is 11.5. The Bertz CT molecular complexity index is 1430. The second kappa shape index (κ2) is 12.8. The number of ether oxygens (including phenoxy) is 4. The van der Waals surface area contributed by atoms with Gasteiger partial charge in [0.2, 0.25) is 0 Å². The van der Waals surface area contributed by atoms with Crippen LogP contribution in [0.15, 0.2) is 72.3 Å². The predicted molar refractivity (Wildman–Crippen MR) is 154 cm³/mol. The molecule has 1 atom stereocenters. The Morgan fingerprint density at radius 2 is 1.68 bits per heavy atom. The fourth-order valence-corrected chi connectivity index (χ4v) is 5.13. The first kappa shape index (κ1) is 28.1. The molecule has 0 saturated carbocycles. The smallest absolute Gasteiger partial charge is 0.295 e. The molecular formula is C33H35NO7. The van der Waals surface area contributed by atoms with E-state index in [1.807, 2.05) is 43.3 Å². The number of carbonyl (C=O) groups is 2. The van der Waals surface area contributed by atoms with Crippen LogP contribution in [0.4, 0.5) is 0 Å². The average molecular weight is 558 g/mol. The summed E-state index contributed by atoms with van der Waals surface area (Å²) in [6.07, 6.45) is 3.08. The van der Waals surface area contributed by atoms with Gasteiger partial charge in [-0.15, -0.1) is 0 Å². The predicted octanol–water partition coefficient (Wildman–Crippen LogP) is 6.05. The lowest BCUT2D eigenvalue weighted by Gasteiger charge is -2.26. The molecule has 3 aromatic carbocycles. The van der Waals surface area contributed by atoms with Crippen molar-refractivity contribution in [2.24, 2.45) is 0 Å². The van der Waals surface area contributed by atoms with E-state index in [1.54, 1.807) is 30.3 Å². The van der Waals surface area contributed by atoms with Crippen molar-refractivity contribution in [1.29, 1.82) is 0 Å². The number of aliphatic hydroxyl groups excluding tert-OH is 1. The lowest BCUT2D eigenvalue weighted by atomic mass is 9.94. The Labute approximate surface area is 240 Å². The van der Waals surface area contributed by atoms with Crippen molar-refractivity contribution in [3.8, 4) is 23.0 Å². The molecule has 0 aromatic heterocycles. The van der Waals surface area contributed by atoms with E-state index in [0.29, 0.717) is 60.6 Å². The number of rotatable bonds is 11. The normalized spacial score (nSPS) is 17.5. The molecule has 8 heteroatoms. The van der Waals surface area contributed by atoms with E-state index < -0.39 is 17.7 Å². The number of benzene rings is 3. The van der Waals surface area contributed by atoms with E-state index in [-0.39, 0.29) is 17.9 Å².